The Morgan fingerprint density at radius 2 is 2.04 bits per heavy atom. The second-order valence-corrected chi connectivity index (χ2v) is 6.79. The number of aromatic nitrogens is 2. The zero-order chi connectivity index (χ0) is 16.5. The molecule has 124 valence electrons. The lowest BCUT2D eigenvalue weighted by Crippen LogP contribution is -2.21. The van der Waals surface area contributed by atoms with Gasteiger partial charge in [-0.15, -0.1) is 11.8 Å². The first-order valence-electron chi connectivity index (χ1n) is 7.78. The van der Waals surface area contributed by atoms with Gasteiger partial charge in [0, 0.05) is 24.5 Å². The summed E-state index contributed by atoms with van der Waals surface area (Å²) in [5.74, 6) is 0.318. The summed E-state index contributed by atoms with van der Waals surface area (Å²) in [6.07, 6.45) is 5.10. The monoisotopic (exact) mass is 346 g/mol. The molecule has 4 rings (SSSR count). The summed E-state index contributed by atoms with van der Waals surface area (Å²) in [4.78, 5) is 12.2. The van der Waals surface area contributed by atoms with Crippen LogP contribution in [0.5, 0.6) is 0 Å². The molecule has 0 bridgehead atoms. The summed E-state index contributed by atoms with van der Waals surface area (Å²) in [6.45, 7) is 1.13. The molecule has 2 aliphatic rings. The number of pyridine rings is 2. The maximum Gasteiger partial charge on any atom is 0.212 e. The van der Waals surface area contributed by atoms with E-state index in [9.17, 15) is 8.78 Å². The number of alkyl halides is 1. The van der Waals surface area contributed by atoms with Crippen molar-refractivity contribution in [1.82, 2.24) is 9.97 Å². The Morgan fingerprint density at radius 1 is 1.12 bits per heavy atom. The van der Waals surface area contributed by atoms with E-state index in [1.54, 1.807) is 17.8 Å². The second-order valence-electron chi connectivity index (χ2n) is 5.80. The number of hydrogen-bond donors (Lipinski definition) is 0. The maximum atomic E-state index is 13.3. The lowest BCUT2D eigenvalue weighted by molar-refractivity contribution is 0.364. The van der Waals surface area contributed by atoms with E-state index in [2.05, 4.69) is 9.97 Å². The van der Waals surface area contributed by atoms with Gasteiger partial charge in [-0.25, -0.2) is 14.4 Å². The van der Waals surface area contributed by atoms with Gasteiger partial charge >= 0.3 is 0 Å². The molecule has 24 heavy (non-hydrogen) atoms. The minimum atomic E-state index is -0.762. The molecule has 1 fully saturated rings. The van der Waals surface area contributed by atoms with E-state index < -0.39 is 12.1 Å². The minimum Gasteiger partial charge on any atom is -0.354 e. The van der Waals surface area contributed by atoms with Crippen molar-refractivity contribution in [3.8, 4) is 0 Å². The molecule has 7 heteroatoms. The van der Waals surface area contributed by atoms with Crippen LogP contribution in [-0.4, -0.2) is 29.2 Å². The first-order valence-corrected chi connectivity index (χ1v) is 8.72. The number of anilines is 2. The van der Waals surface area contributed by atoms with E-state index in [0.717, 1.165) is 17.1 Å². The predicted molar refractivity (Wildman–Crippen MR) is 92.1 cm³/mol. The van der Waals surface area contributed by atoms with Crippen molar-refractivity contribution in [1.29, 1.82) is 0 Å². The lowest BCUT2D eigenvalue weighted by atomic mass is 10.2. The van der Waals surface area contributed by atoms with E-state index in [4.69, 9.17) is 0 Å². The first-order chi connectivity index (χ1) is 11.7. The van der Waals surface area contributed by atoms with Crippen LogP contribution in [0.1, 0.15) is 17.4 Å². The molecule has 2 aromatic heterocycles. The maximum absolute atomic E-state index is 13.3. The number of rotatable bonds is 3. The third-order valence-electron chi connectivity index (χ3n) is 4.20. The predicted octanol–water partition coefficient (Wildman–Crippen LogP) is 3.89. The number of thioether (sulfide) groups is 1. The molecule has 2 aliphatic heterocycles. The molecule has 2 aromatic rings. The van der Waals surface area contributed by atoms with Crippen LogP contribution in [0.3, 0.4) is 0 Å². The third kappa shape index (κ3) is 2.96. The van der Waals surface area contributed by atoms with Crippen LogP contribution >= 0.6 is 11.8 Å². The molecule has 0 radical (unpaired) electrons. The minimum absolute atomic E-state index is 0.0336. The zero-order valence-corrected chi connectivity index (χ0v) is 13.7. The van der Waals surface area contributed by atoms with Crippen molar-refractivity contribution < 1.29 is 8.78 Å². The largest absolute Gasteiger partial charge is 0.354 e. The highest BCUT2D eigenvalue weighted by molar-refractivity contribution is 8.02. The Balaban J connectivity index is 1.53. The highest BCUT2D eigenvalue weighted by Gasteiger charge is 2.26. The van der Waals surface area contributed by atoms with Gasteiger partial charge in [0.15, 0.2) is 0 Å². The van der Waals surface area contributed by atoms with Crippen LogP contribution in [0, 0.1) is 5.95 Å². The molecule has 0 saturated carbocycles. The van der Waals surface area contributed by atoms with Gasteiger partial charge in [-0.3, -0.25) is 0 Å². The van der Waals surface area contributed by atoms with Gasteiger partial charge < -0.3 is 9.80 Å². The summed E-state index contributed by atoms with van der Waals surface area (Å²) in [6, 6.07) is 7.01. The number of hydrogen-bond acceptors (Lipinski definition) is 5. The molecule has 1 unspecified atom stereocenters. The van der Waals surface area contributed by atoms with Crippen molar-refractivity contribution in [3.05, 3.63) is 59.8 Å². The quantitative estimate of drug-likeness (QED) is 0.788. The van der Waals surface area contributed by atoms with E-state index in [1.807, 2.05) is 39.7 Å². The van der Waals surface area contributed by atoms with Gasteiger partial charge in [0.1, 0.15) is 17.4 Å². The molecule has 4 heterocycles. The van der Waals surface area contributed by atoms with Gasteiger partial charge in [0.25, 0.3) is 0 Å². The van der Waals surface area contributed by atoms with Crippen LogP contribution in [0.4, 0.5) is 20.3 Å². The Morgan fingerprint density at radius 3 is 2.71 bits per heavy atom. The summed E-state index contributed by atoms with van der Waals surface area (Å²) < 4.78 is 26.4. The fourth-order valence-electron chi connectivity index (χ4n) is 2.96. The smallest absolute Gasteiger partial charge is 0.212 e. The van der Waals surface area contributed by atoms with Crippen LogP contribution < -0.4 is 9.80 Å². The van der Waals surface area contributed by atoms with Gasteiger partial charge in [-0.05, 0) is 30.0 Å². The Hall–Kier alpha value is -2.15. The Kier molecular flexibility index (Phi) is 4.10. The van der Waals surface area contributed by atoms with E-state index in [1.165, 1.54) is 12.3 Å². The summed E-state index contributed by atoms with van der Waals surface area (Å²) >= 11 is 1.65. The SMILES string of the molecule is Fc1ccc(N2C=CS[C@@H]2c2ccc(N3CCC(F)C3)nc2)cn1. The van der Waals surface area contributed by atoms with Gasteiger partial charge in [-0.2, -0.15) is 4.39 Å². The second kappa shape index (κ2) is 6.39. The molecule has 0 amide bonds. The first kappa shape index (κ1) is 15.4. The molecular formula is C17H16F2N4S. The topological polar surface area (TPSA) is 32.3 Å². The Bertz CT molecular complexity index is 735. The average molecular weight is 346 g/mol. The number of halogens is 2. The molecule has 0 aliphatic carbocycles. The summed E-state index contributed by atoms with van der Waals surface area (Å²) in [7, 11) is 0. The van der Waals surface area contributed by atoms with Crippen molar-refractivity contribution in [2.45, 2.75) is 18.0 Å². The van der Waals surface area contributed by atoms with Gasteiger partial charge in [0.05, 0.1) is 18.4 Å². The molecule has 2 atom stereocenters. The van der Waals surface area contributed by atoms with Crippen molar-refractivity contribution >= 4 is 23.3 Å². The van der Waals surface area contributed by atoms with Crippen molar-refractivity contribution in [2.75, 3.05) is 22.9 Å². The van der Waals surface area contributed by atoms with Gasteiger partial charge in [-0.1, -0.05) is 6.07 Å². The normalized spacial score (nSPS) is 23.2. The zero-order valence-electron chi connectivity index (χ0n) is 12.8. The highest BCUT2D eigenvalue weighted by atomic mass is 32.2. The summed E-state index contributed by atoms with van der Waals surface area (Å²) in [5, 5.41) is 2.03. The van der Waals surface area contributed by atoms with E-state index in [-0.39, 0.29) is 5.37 Å². The molecule has 4 nitrogen and oxygen atoms in total. The van der Waals surface area contributed by atoms with Crippen LogP contribution in [-0.2, 0) is 0 Å². The molecule has 0 spiro atoms. The van der Waals surface area contributed by atoms with Crippen LogP contribution in [0.15, 0.2) is 48.3 Å². The third-order valence-corrected chi connectivity index (χ3v) is 5.24. The van der Waals surface area contributed by atoms with Crippen molar-refractivity contribution in [2.24, 2.45) is 0 Å². The van der Waals surface area contributed by atoms with Crippen LogP contribution in [0.2, 0.25) is 0 Å². The summed E-state index contributed by atoms with van der Waals surface area (Å²) in [5.41, 5.74) is 1.86. The number of nitrogens with zero attached hydrogens (tertiary/aromatic N) is 4. The molecule has 0 N–H and O–H groups in total. The van der Waals surface area contributed by atoms with Gasteiger partial charge in [0.2, 0.25) is 5.95 Å². The fourth-order valence-corrected chi connectivity index (χ4v) is 3.93. The van der Waals surface area contributed by atoms with E-state index >= 15 is 0 Å². The van der Waals surface area contributed by atoms with Crippen molar-refractivity contribution in [3.63, 3.8) is 0 Å². The fraction of sp³-hybridized carbons (Fsp3) is 0.294. The molecule has 1 saturated heterocycles. The lowest BCUT2D eigenvalue weighted by Gasteiger charge is -2.25. The van der Waals surface area contributed by atoms with E-state index in [0.29, 0.717) is 19.5 Å². The average Bonchev–Trinajstić information content (AvgIpc) is 3.25. The molecular weight excluding hydrogens is 330 g/mol. The standard InChI is InChI=1S/C17H16F2N4S/c18-13-5-6-22(11-13)16-4-1-12(9-21-16)17-23(7-8-24-17)14-2-3-15(19)20-10-14/h1-4,7-10,13,17H,5-6,11H2/t13?,17-/m1/s1. The highest BCUT2D eigenvalue weighted by Crippen LogP contribution is 2.41. The van der Waals surface area contributed by atoms with Crippen LogP contribution in [0.25, 0.3) is 0 Å². The molecule has 0 aromatic carbocycles. The Labute approximate surface area is 143 Å².